The van der Waals surface area contributed by atoms with Crippen molar-refractivity contribution < 1.29 is 4.84 Å². The molecular formula is C5H7Cl2NO. The Hall–Kier alpha value is 0.0500. The SMILES string of the molecule is CC1(CCl)CC(Cl)=NO1. The normalized spacial score (nSPS) is 33.9. The summed E-state index contributed by atoms with van der Waals surface area (Å²) in [6.45, 7) is 1.87. The van der Waals surface area contributed by atoms with Crippen molar-refractivity contribution in [3.63, 3.8) is 0 Å². The van der Waals surface area contributed by atoms with Crippen LogP contribution in [0.5, 0.6) is 0 Å². The number of oxime groups is 1. The maximum atomic E-state index is 5.56. The van der Waals surface area contributed by atoms with E-state index in [1.54, 1.807) is 0 Å². The predicted molar refractivity (Wildman–Crippen MR) is 38.1 cm³/mol. The highest BCUT2D eigenvalue weighted by atomic mass is 35.5. The first-order valence-electron chi connectivity index (χ1n) is 2.63. The molecule has 1 unspecified atom stereocenters. The highest BCUT2D eigenvalue weighted by Crippen LogP contribution is 2.25. The minimum Gasteiger partial charge on any atom is -0.387 e. The largest absolute Gasteiger partial charge is 0.387 e. The van der Waals surface area contributed by atoms with Crippen molar-refractivity contribution in [2.45, 2.75) is 18.9 Å². The molecule has 0 fully saturated rings. The van der Waals surface area contributed by atoms with Crippen LogP contribution in [0.3, 0.4) is 0 Å². The summed E-state index contributed by atoms with van der Waals surface area (Å²) in [5, 5.41) is 4.06. The zero-order valence-corrected chi connectivity index (χ0v) is 6.54. The van der Waals surface area contributed by atoms with Gasteiger partial charge >= 0.3 is 0 Å². The van der Waals surface area contributed by atoms with Crippen molar-refractivity contribution >= 4 is 28.4 Å². The number of hydrogen-bond acceptors (Lipinski definition) is 2. The summed E-state index contributed by atoms with van der Waals surface area (Å²) in [6, 6.07) is 0. The fourth-order valence-corrected chi connectivity index (χ4v) is 1.06. The second-order valence-electron chi connectivity index (χ2n) is 2.32. The van der Waals surface area contributed by atoms with Crippen LogP contribution in [-0.4, -0.2) is 16.7 Å². The predicted octanol–water partition coefficient (Wildman–Crippen LogP) is 1.96. The molecule has 0 aliphatic carbocycles. The first-order chi connectivity index (χ1) is 4.16. The van der Waals surface area contributed by atoms with Gasteiger partial charge in [-0.15, -0.1) is 11.6 Å². The molecule has 0 amide bonds. The molecule has 0 aromatic carbocycles. The lowest BCUT2D eigenvalue weighted by Gasteiger charge is -2.15. The lowest BCUT2D eigenvalue weighted by molar-refractivity contribution is 0.0152. The van der Waals surface area contributed by atoms with Crippen molar-refractivity contribution in [2.75, 3.05) is 5.88 Å². The summed E-state index contributed by atoms with van der Waals surface area (Å²) >= 11 is 11.1. The number of rotatable bonds is 1. The van der Waals surface area contributed by atoms with Crippen LogP contribution in [0.15, 0.2) is 5.16 Å². The zero-order chi connectivity index (χ0) is 6.91. The average molecular weight is 168 g/mol. The van der Waals surface area contributed by atoms with Crippen LogP contribution >= 0.6 is 23.2 Å². The van der Waals surface area contributed by atoms with Crippen LogP contribution in [0.4, 0.5) is 0 Å². The van der Waals surface area contributed by atoms with Crippen molar-refractivity contribution in [2.24, 2.45) is 5.16 Å². The van der Waals surface area contributed by atoms with Gasteiger partial charge in [-0.3, -0.25) is 0 Å². The average Bonchev–Trinajstić information content (AvgIpc) is 2.13. The summed E-state index contributed by atoms with van der Waals surface area (Å²) in [4.78, 5) is 4.93. The lowest BCUT2D eigenvalue weighted by atomic mass is 10.1. The molecule has 1 aliphatic heterocycles. The van der Waals surface area contributed by atoms with E-state index in [9.17, 15) is 0 Å². The molecule has 1 atom stereocenters. The van der Waals surface area contributed by atoms with Gasteiger partial charge in [0.15, 0.2) is 5.60 Å². The molecule has 0 aromatic rings. The topological polar surface area (TPSA) is 21.6 Å². The van der Waals surface area contributed by atoms with Gasteiger partial charge in [0.05, 0.1) is 5.88 Å². The first kappa shape index (κ1) is 7.16. The summed E-state index contributed by atoms with van der Waals surface area (Å²) < 4.78 is 0. The smallest absolute Gasteiger partial charge is 0.154 e. The molecule has 0 N–H and O–H groups in total. The van der Waals surface area contributed by atoms with E-state index in [2.05, 4.69) is 5.16 Å². The van der Waals surface area contributed by atoms with E-state index in [-0.39, 0.29) is 5.60 Å². The molecular weight excluding hydrogens is 161 g/mol. The Labute approximate surface area is 63.8 Å². The van der Waals surface area contributed by atoms with Crippen LogP contribution in [0.2, 0.25) is 0 Å². The van der Waals surface area contributed by atoms with E-state index in [1.165, 1.54) is 0 Å². The molecule has 2 nitrogen and oxygen atoms in total. The maximum Gasteiger partial charge on any atom is 0.154 e. The van der Waals surface area contributed by atoms with E-state index in [1.807, 2.05) is 6.92 Å². The third-order valence-electron chi connectivity index (χ3n) is 1.17. The molecule has 0 aromatic heterocycles. The quantitative estimate of drug-likeness (QED) is 0.548. The first-order valence-corrected chi connectivity index (χ1v) is 3.54. The molecule has 1 rings (SSSR count). The Morgan fingerprint density at radius 1 is 1.89 bits per heavy atom. The van der Waals surface area contributed by atoms with Gasteiger partial charge in [-0.2, -0.15) is 0 Å². The minimum atomic E-state index is -0.362. The van der Waals surface area contributed by atoms with Gasteiger partial charge in [0.1, 0.15) is 5.17 Å². The van der Waals surface area contributed by atoms with Crippen LogP contribution in [0, 0.1) is 0 Å². The fraction of sp³-hybridized carbons (Fsp3) is 0.800. The standard InChI is InChI=1S/C5H7Cl2NO/c1-5(3-6)2-4(7)8-9-5/h2-3H2,1H3. The highest BCUT2D eigenvalue weighted by molar-refractivity contribution is 6.65. The molecule has 0 spiro atoms. The Bertz CT molecular complexity index is 148. The molecule has 1 aliphatic rings. The van der Waals surface area contributed by atoms with E-state index >= 15 is 0 Å². The van der Waals surface area contributed by atoms with E-state index in [0.29, 0.717) is 17.5 Å². The number of hydrogen-bond donors (Lipinski definition) is 0. The van der Waals surface area contributed by atoms with Gasteiger partial charge < -0.3 is 4.84 Å². The van der Waals surface area contributed by atoms with Gasteiger partial charge in [0.25, 0.3) is 0 Å². The summed E-state index contributed by atoms with van der Waals surface area (Å²) in [5.41, 5.74) is -0.362. The number of nitrogens with zero attached hydrogens (tertiary/aromatic N) is 1. The van der Waals surface area contributed by atoms with Crippen LogP contribution < -0.4 is 0 Å². The molecule has 9 heavy (non-hydrogen) atoms. The highest BCUT2D eigenvalue weighted by Gasteiger charge is 2.32. The van der Waals surface area contributed by atoms with Gasteiger partial charge in [-0.1, -0.05) is 16.8 Å². The third-order valence-corrected chi connectivity index (χ3v) is 1.94. The van der Waals surface area contributed by atoms with Gasteiger partial charge in [0.2, 0.25) is 0 Å². The number of alkyl halides is 1. The minimum absolute atomic E-state index is 0.362. The third kappa shape index (κ3) is 1.49. The lowest BCUT2D eigenvalue weighted by Crippen LogP contribution is -2.25. The summed E-state index contributed by atoms with van der Waals surface area (Å²) in [6.07, 6.45) is 0.623. The van der Waals surface area contributed by atoms with Gasteiger partial charge in [0, 0.05) is 6.42 Å². The Balaban J connectivity index is 2.53. The Kier molecular flexibility index (Phi) is 1.87. The monoisotopic (exact) mass is 167 g/mol. The van der Waals surface area contributed by atoms with Gasteiger partial charge in [-0.25, -0.2) is 0 Å². The van der Waals surface area contributed by atoms with Crippen molar-refractivity contribution in [1.82, 2.24) is 0 Å². The van der Waals surface area contributed by atoms with E-state index in [0.717, 1.165) is 0 Å². The van der Waals surface area contributed by atoms with Crippen molar-refractivity contribution in [1.29, 1.82) is 0 Å². The molecule has 52 valence electrons. The van der Waals surface area contributed by atoms with E-state index < -0.39 is 0 Å². The molecule has 0 saturated carbocycles. The zero-order valence-electron chi connectivity index (χ0n) is 5.03. The molecule has 0 saturated heterocycles. The molecule has 1 heterocycles. The van der Waals surface area contributed by atoms with Crippen molar-refractivity contribution in [3.05, 3.63) is 0 Å². The summed E-state index contributed by atoms with van der Waals surface area (Å²) in [5.74, 6) is 0.423. The van der Waals surface area contributed by atoms with E-state index in [4.69, 9.17) is 28.0 Å². The maximum absolute atomic E-state index is 5.56. The number of halogens is 2. The van der Waals surface area contributed by atoms with Crippen molar-refractivity contribution in [3.8, 4) is 0 Å². The van der Waals surface area contributed by atoms with Crippen LogP contribution in [0.1, 0.15) is 13.3 Å². The second-order valence-corrected chi connectivity index (χ2v) is 3.02. The van der Waals surface area contributed by atoms with Gasteiger partial charge in [-0.05, 0) is 6.92 Å². The molecule has 4 heteroatoms. The van der Waals surface area contributed by atoms with Crippen LogP contribution in [0.25, 0.3) is 0 Å². The second kappa shape index (κ2) is 2.35. The Morgan fingerprint density at radius 2 is 2.56 bits per heavy atom. The van der Waals surface area contributed by atoms with Crippen LogP contribution in [-0.2, 0) is 4.84 Å². The fourth-order valence-electron chi connectivity index (χ4n) is 0.604. The Morgan fingerprint density at radius 3 is 2.78 bits per heavy atom. The molecule has 0 radical (unpaired) electrons. The summed E-state index contributed by atoms with van der Waals surface area (Å²) in [7, 11) is 0. The molecule has 0 bridgehead atoms.